The molecule has 14 aromatic carbocycles. The van der Waals surface area contributed by atoms with Crippen molar-refractivity contribution in [1.29, 1.82) is 0 Å². The van der Waals surface area contributed by atoms with E-state index in [2.05, 4.69) is 135 Å². The van der Waals surface area contributed by atoms with E-state index in [0.29, 0.717) is 78.8 Å². The molecule has 0 saturated carbocycles. The minimum atomic E-state index is -0.404. The van der Waals surface area contributed by atoms with Crippen molar-refractivity contribution in [2.45, 2.75) is 94.9 Å². The first-order valence-electron chi connectivity index (χ1n) is 46.8. The smallest absolute Gasteiger partial charge is 0.125 e. The van der Waals surface area contributed by atoms with Gasteiger partial charge in [-0.2, -0.15) is 35.7 Å². The highest BCUT2D eigenvalue weighted by molar-refractivity contribution is 5.81. The first-order valence-corrected chi connectivity index (χ1v) is 46.8. The average molecular weight is 1980 g/mol. The van der Waals surface area contributed by atoms with E-state index >= 15 is 0 Å². The quantitative estimate of drug-likeness (QED) is 0.0425. The number of aromatic hydroxyl groups is 7. The molecule has 0 aliphatic rings. The van der Waals surface area contributed by atoms with Crippen LogP contribution in [0.25, 0.3) is 158 Å². The molecule has 7 heterocycles. The lowest BCUT2D eigenvalue weighted by atomic mass is 9.86. The van der Waals surface area contributed by atoms with Crippen LogP contribution in [0.5, 0.6) is 40.2 Å². The fourth-order valence-electron chi connectivity index (χ4n) is 16.5. The van der Waals surface area contributed by atoms with Gasteiger partial charge in [0, 0.05) is 77.9 Å². The van der Waals surface area contributed by atoms with Gasteiger partial charge in [-0.25, -0.2) is 30.7 Å². The molecule has 0 radical (unpaired) electrons. The molecule has 14 N–H and O–H groups in total. The SMILES string of the molecule is CC(C)(C)c1ccc(-c2cc(-c3cc(F)ccc3O)[nH]n2)cc1.CCc1ccc(-c2cc(-c3cc(F)ccc3O)[nH]n2)cc1.Cc1cc(C)cc(-c2cc(-c3cc(F)ccc3O)[nH]n2)c1.Cc1ccc(-c2cc(-c3cc(F)ccc3O)n[nH]2)c(C)c1.Cc1cccc(-c2cc(-c3cc(F)ccc3O)[nH]n2)c1.Cc1cccc(C)c1-c1cc(-c2cc(F)ccc2O)n[nH]1.Cc1ccccc1-c1cc(-c2cc(F)ccc2O)n[nH]1. The zero-order valence-corrected chi connectivity index (χ0v) is 82.2. The molecule has 0 aliphatic carbocycles. The number of benzene rings is 14. The summed E-state index contributed by atoms with van der Waals surface area (Å²) in [5.41, 5.74) is 31.0. The zero-order valence-electron chi connectivity index (χ0n) is 82.2. The molecule has 0 unspecified atom stereocenters. The molecule has 0 aliphatic heterocycles. The molecule has 0 spiro atoms. The summed E-state index contributed by atoms with van der Waals surface area (Å²) in [6, 6.07) is 90.0. The van der Waals surface area contributed by atoms with Crippen molar-refractivity contribution in [3.63, 3.8) is 0 Å². The van der Waals surface area contributed by atoms with Crippen LogP contribution in [-0.2, 0) is 11.8 Å². The zero-order chi connectivity index (χ0) is 105. The second-order valence-corrected chi connectivity index (χ2v) is 36.3. The molecule has 147 heavy (non-hydrogen) atoms. The summed E-state index contributed by atoms with van der Waals surface area (Å²) < 4.78 is 93.2. The lowest BCUT2D eigenvalue weighted by Gasteiger charge is -2.18. The maximum Gasteiger partial charge on any atom is 0.125 e. The predicted molar refractivity (Wildman–Crippen MR) is 564 cm³/mol. The molecule has 21 aromatic rings. The lowest BCUT2D eigenvalue weighted by molar-refractivity contribution is 0.474. The number of phenols is 7. The van der Waals surface area contributed by atoms with Gasteiger partial charge in [0.15, 0.2) is 0 Å². The fraction of sp³-hybridized carbons (Fsp3) is 0.118. The third-order valence-corrected chi connectivity index (χ3v) is 24.1. The van der Waals surface area contributed by atoms with Gasteiger partial charge in [0.05, 0.1) is 79.7 Å². The Labute approximate surface area is 843 Å². The van der Waals surface area contributed by atoms with Gasteiger partial charge < -0.3 is 35.7 Å². The number of aromatic nitrogens is 14. The molecule has 742 valence electrons. The van der Waals surface area contributed by atoms with Crippen LogP contribution < -0.4 is 0 Å². The van der Waals surface area contributed by atoms with Crippen LogP contribution in [0, 0.1) is 96.1 Å². The van der Waals surface area contributed by atoms with Crippen LogP contribution >= 0.6 is 0 Å². The van der Waals surface area contributed by atoms with Gasteiger partial charge in [-0.1, -0.05) is 183 Å². The van der Waals surface area contributed by atoms with Gasteiger partial charge in [0.1, 0.15) is 81.0 Å². The third kappa shape index (κ3) is 25.8. The van der Waals surface area contributed by atoms with Crippen molar-refractivity contribution >= 4 is 0 Å². The summed E-state index contributed by atoms with van der Waals surface area (Å²) in [7, 11) is 0. The maximum absolute atomic E-state index is 13.4. The third-order valence-electron chi connectivity index (χ3n) is 24.1. The minimum absolute atomic E-state index is 0.00855. The average Bonchev–Trinajstić information content (AvgIpc) is 1.57. The number of H-pyrrole nitrogens is 7. The normalized spacial score (nSPS) is 10.9. The Kier molecular flexibility index (Phi) is 32.0. The van der Waals surface area contributed by atoms with Gasteiger partial charge in [0.25, 0.3) is 0 Å². The summed E-state index contributed by atoms with van der Waals surface area (Å²) in [4.78, 5) is 0. The maximum atomic E-state index is 13.4. The number of nitrogens with zero attached hydrogens (tertiary/aromatic N) is 7. The van der Waals surface area contributed by atoms with Gasteiger partial charge >= 0.3 is 0 Å². The molecule has 7 aromatic heterocycles. The van der Waals surface area contributed by atoms with Crippen molar-refractivity contribution in [2.24, 2.45) is 0 Å². The van der Waals surface area contributed by atoms with Crippen molar-refractivity contribution in [3.8, 4) is 198 Å². The van der Waals surface area contributed by atoms with E-state index in [1.54, 1.807) is 24.3 Å². The molecule has 28 heteroatoms. The summed E-state index contributed by atoms with van der Waals surface area (Å²) in [6.07, 6.45) is 0.989. The Morgan fingerprint density at radius 3 is 0.864 bits per heavy atom. The number of phenolic OH excluding ortho intramolecular Hbond substituents is 7. The van der Waals surface area contributed by atoms with E-state index in [1.165, 1.54) is 144 Å². The van der Waals surface area contributed by atoms with Crippen molar-refractivity contribution in [3.05, 3.63) is 418 Å². The Morgan fingerprint density at radius 2 is 0.503 bits per heavy atom. The second-order valence-electron chi connectivity index (χ2n) is 36.3. The molecular formula is C119H105F7N14O7. The Morgan fingerprint density at radius 1 is 0.218 bits per heavy atom. The minimum Gasteiger partial charge on any atom is -0.507 e. The molecule has 21 rings (SSSR count). The number of hydrogen-bond acceptors (Lipinski definition) is 14. The van der Waals surface area contributed by atoms with Crippen LogP contribution in [-0.4, -0.2) is 107 Å². The van der Waals surface area contributed by atoms with Crippen LogP contribution in [0.15, 0.2) is 322 Å². The molecular weight excluding hydrogens is 1870 g/mol. The van der Waals surface area contributed by atoms with Crippen LogP contribution in [0.1, 0.15) is 83.3 Å². The monoisotopic (exact) mass is 1970 g/mol. The number of rotatable bonds is 15. The largest absolute Gasteiger partial charge is 0.507 e. The summed E-state index contributed by atoms with van der Waals surface area (Å²) >= 11 is 0. The number of nitrogens with one attached hydrogen (secondary N) is 7. The van der Waals surface area contributed by atoms with Crippen molar-refractivity contribution < 1.29 is 66.5 Å². The van der Waals surface area contributed by atoms with Crippen LogP contribution in [0.2, 0.25) is 0 Å². The first-order chi connectivity index (χ1) is 70.4. The highest BCUT2D eigenvalue weighted by Crippen LogP contribution is 2.41. The van der Waals surface area contributed by atoms with Gasteiger partial charge in [-0.15, -0.1) is 0 Å². The van der Waals surface area contributed by atoms with Crippen LogP contribution in [0.4, 0.5) is 30.7 Å². The summed E-state index contributed by atoms with van der Waals surface area (Å²) in [5.74, 6) is -2.70. The Balaban J connectivity index is 0.000000129. The Hall–Kier alpha value is -18.3. The highest BCUT2D eigenvalue weighted by Gasteiger charge is 2.22. The summed E-state index contributed by atoms with van der Waals surface area (Å²) in [5, 5.41) is 119. The number of aromatic amines is 7. The standard InChI is InChI=1S/C19H19FN2O.4C17H15FN2O.2C16H13FN2O/c1-19(2,3)13-6-4-12(5-7-13)16-11-17(22-21-16)15-10-14(20)8-9-18(15)23;1-10-3-5-13(11(2)7-10)15-9-16(20-19-15)14-8-12(18)4-6-17(14)21;1-10-5-11(2)7-12(6-10)15-9-16(20-19-15)14-8-13(18)3-4-17(14)21;1-10-4-3-5-11(2)17(10)15-9-14(19-20-15)13-8-12(18)6-7-16(13)21;1-2-11-3-5-12(6-4-11)15-10-16(20-19-15)14-9-13(18)7-8-17(14)21;1-10-3-2-4-11(7-10)14-9-15(19-18-14)13-8-12(17)5-6-16(13)20;1-10-4-2-3-5-12(10)14-9-15(19-18-14)13-8-11(17)6-7-16(13)20/h4-11,23H,1-3H3,(H,21,22);3*3-9,21H,1-2H3,(H,19,20);3-10,21H,2H2,1H3,(H,19,20);2*2-9,20H,1H3,(H,18,19). The molecule has 0 saturated heterocycles. The van der Waals surface area contributed by atoms with E-state index in [1.807, 2.05) is 189 Å². The molecule has 0 atom stereocenters. The van der Waals surface area contributed by atoms with Crippen molar-refractivity contribution in [1.82, 2.24) is 71.4 Å². The topological polar surface area (TPSA) is 342 Å². The molecule has 0 amide bonds. The van der Waals surface area contributed by atoms with E-state index < -0.39 is 40.7 Å². The number of halogens is 7. The summed E-state index contributed by atoms with van der Waals surface area (Å²) in [6.45, 7) is 24.8. The van der Waals surface area contributed by atoms with Gasteiger partial charge in [0.2, 0.25) is 0 Å². The molecule has 21 nitrogen and oxygen atoms in total. The van der Waals surface area contributed by atoms with E-state index in [9.17, 15) is 66.5 Å². The fourth-order valence-corrected chi connectivity index (χ4v) is 16.5. The number of aryl methyl sites for hydroxylation is 9. The molecule has 0 fully saturated rings. The second kappa shape index (κ2) is 45.7. The first kappa shape index (κ1) is 103. The van der Waals surface area contributed by atoms with E-state index in [0.717, 1.165) is 124 Å². The van der Waals surface area contributed by atoms with Gasteiger partial charge in [-0.05, 0) is 289 Å². The molecule has 0 bridgehead atoms. The lowest BCUT2D eigenvalue weighted by Crippen LogP contribution is -2.10. The Bertz CT molecular complexity index is 8170. The highest BCUT2D eigenvalue weighted by atomic mass is 19.2. The van der Waals surface area contributed by atoms with Crippen LogP contribution in [0.3, 0.4) is 0 Å². The van der Waals surface area contributed by atoms with Gasteiger partial charge in [-0.3, -0.25) is 35.7 Å². The van der Waals surface area contributed by atoms with Crippen molar-refractivity contribution in [2.75, 3.05) is 0 Å². The number of hydrogen-bond donors (Lipinski definition) is 14. The predicted octanol–water partition coefficient (Wildman–Crippen LogP) is 29.4. The van der Waals surface area contributed by atoms with E-state index in [-0.39, 0.29) is 45.7 Å². The van der Waals surface area contributed by atoms with E-state index in [4.69, 9.17) is 0 Å².